The molecule has 4 unspecified atom stereocenters. The van der Waals surface area contributed by atoms with Crippen molar-refractivity contribution in [2.24, 2.45) is 0 Å². The molecule has 0 aliphatic carbocycles. The predicted octanol–water partition coefficient (Wildman–Crippen LogP) is -3.49. The molecule has 0 spiro atoms. The summed E-state index contributed by atoms with van der Waals surface area (Å²) in [6, 6.07) is 0. The van der Waals surface area contributed by atoms with Crippen LogP contribution < -0.4 is 0 Å². The fourth-order valence-corrected chi connectivity index (χ4v) is 2.96. The number of hydrogen-bond acceptors (Lipinski definition) is 10. The van der Waals surface area contributed by atoms with E-state index in [2.05, 4.69) is 0 Å². The summed E-state index contributed by atoms with van der Waals surface area (Å²) in [6.07, 6.45) is -16.1. The van der Waals surface area contributed by atoms with Crippen LogP contribution >= 0.6 is 0 Å². The third-order valence-electron chi connectivity index (χ3n) is 4.42. The van der Waals surface area contributed by atoms with Gasteiger partial charge >= 0.3 is 11.9 Å². The van der Waals surface area contributed by atoms with Crippen LogP contribution in [0.15, 0.2) is 0 Å². The Hall–Kier alpha value is -1.38. The Morgan fingerprint density at radius 2 is 1.31 bits per heavy atom. The summed E-state index contributed by atoms with van der Waals surface area (Å²) in [4.78, 5) is 22.6. The first-order valence-corrected chi connectivity index (χ1v) is 7.77. The van der Waals surface area contributed by atoms with E-state index in [1.165, 1.54) is 6.92 Å². The number of methoxy groups -OCH3 is 1. The topological polar surface area (TPSA) is 192 Å². The Morgan fingerprint density at radius 1 is 0.808 bits per heavy atom. The van der Waals surface area contributed by atoms with Crippen molar-refractivity contribution in [1.29, 1.82) is 0 Å². The lowest BCUT2D eigenvalue weighted by molar-refractivity contribution is -0.334. The fraction of sp³-hybridized carbons (Fsp3) is 0.857. The average molecular weight is 382 g/mol. The van der Waals surface area contributed by atoms with Gasteiger partial charge in [-0.05, 0) is 6.92 Å². The fourth-order valence-electron chi connectivity index (χ4n) is 2.96. The molecule has 0 aromatic rings. The van der Waals surface area contributed by atoms with Crippen molar-refractivity contribution in [2.75, 3.05) is 7.11 Å². The van der Waals surface area contributed by atoms with Crippen molar-refractivity contribution in [1.82, 2.24) is 0 Å². The Labute approximate surface area is 147 Å². The molecule has 0 aromatic heterocycles. The van der Waals surface area contributed by atoms with Crippen LogP contribution in [0.2, 0.25) is 0 Å². The monoisotopic (exact) mass is 382 g/mol. The number of aliphatic hydroxyl groups excluding tert-OH is 4. The van der Waals surface area contributed by atoms with Gasteiger partial charge in [-0.1, -0.05) is 0 Å². The lowest BCUT2D eigenvalue weighted by atomic mass is 9.94. The molecule has 26 heavy (non-hydrogen) atoms. The first kappa shape index (κ1) is 20.9. The minimum absolute atomic E-state index is 1.02. The smallest absolute Gasteiger partial charge is 0.335 e. The summed E-state index contributed by atoms with van der Waals surface area (Å²) in [5.41, 5.74) is 0. The van der Waals surface area contributed by atoms with E-state index in [1.54, 1.807) is 0 Å². The quantitative estimate of drug-likeness (QED) is 0.275. The maximum absolute atomic E-state index is 11.4. The zero-order valence-electron chi connectivity index (χ0n) is 13.9. The second-order valence-electron chi connectivity index (χ2n) is 6.13. The minimum Gasteiger partial charge on any atom is -0.479 e. The molecule has 10 atom stereocenters. The number of carbonyl (C=O) groups is 2. The molecule has 0 radical (unpaired) electrons. The van der Waals surface area contributed by atoms with Crippen LogP contribution in [-0.2, 0) is 28.5 Å². The standard InChI is InChI=1S/C14H22O12/c1-3-4(15)5(16)9(11(24-3)13(21)22)25-14-7(18)6(17)8(23-2)10(26-14)12(19)20/h3-11,14-18H,1-2H3,(H,19,20)(H,21,22)/t3-,4?,5?,6?,7?,8-,9-,10-,11+,14+/m0/s1. The maximum Gasteiger partial charge on any atom is 0.335 e. The van der Waals surface area contributed by atoms with Crippen LogP contribution in [-0.4, -0.2) is 111 Å². The number of ether oxygens (including phenoxy) is 4. The first-order valence-electron chi connectivity index (χ1n) is 7.77. The molecule has 150 valence electrons. The molecule has 0 saturated carbocycles. The molecule has 2 aliphatic rings. The van der Waals surface area contributed by atoms with Crippen molar-refractivity contribution in [2.45, 2.75) is 68.1 Å². The minimum atomic E-state index is -1.82. The molecule has 2 aliphatic heterocycles. The predicted molar refractivity (Wildman–Crippen MR) is 78.0 cm³/mol. The van der Waals surface area contributed by atoms with E-state index in [0.717, 1.165) is 7.11 Å². The molecule has 12 heteroatoms. The molecule has 0 aromatic carbocycles. The third-order valence-corrected chi connectivity index (χ3v) is 4.42. The van der Waals surface area contributed by atoms with Gasteiger partial charge in [0.05, 0.1) is 6.10 Å². The molecule has 12 nitrogen and oxygen atoms in total. The molecule has 0 bridgehead atoms. The van der Waals surface area contributed by atoms with Crippen LogP contribution in [0.3, 0.4) is 0 Å². The van der Waals surface area contributed by atoms with Gasteiger partial charge in [-0.3, -0.25) is 0 Å². The highest BCUT2D eigenvalue weighted by Crippen LogP contribution is 2.30. The molecule has 2 fully saturated rings. The second kappa shape index (κ2) is 8.10. The number of hydrogen-bond donors (Lipinski definition) is 6. The SMILES string of the molecule is CO[C@H]1C(O)C(O)[C@H](O[C@H]2C(O)C(O)[C@H](C)O[C@H]2C(=O)O)O[C@@H]1C(=O)O. The highest BCUT2D eigenvalue weighted by atomic mass is 16.7. The summed E-state index contributed by atoms with van der Waals surface area (Å²) in [7, 11) is 1.11. The van der Waals surface area contributed by atoms with Crippen LogP contribution in [0.25, 0.3) is 0 Å². The first-order chi connectivity index (χ1) is 12.1. The van der Waals surface area contributed by atoms with Gasteiger partial charge in [0, 0.05) is 7.11 Å². The normalized spacial score (nSPS) is 46.7. The van der Waals surface area contributed by atoms with Crippen molar-refractivity contribution in [3.63, 3.8) is 0 Å². The van der Waals surface area contributed by atoms with Crippen LogP contribution in [0.1, 0.15) is 6.92 Å². The van der Waals surface area contributed by atoms with Crippen molar-refractivity contribution < 1.29 is 59.2 Å². The molecule has 2 saturated heterocycles. The molecule has 6 N–H and O–H groups in total. The van der Waals surface area contributed by atoms with Crippen molar-refractivity contribution in [3.05, 3.63) is 0 Å². The molecular weight excluding hydrogens is 360 g/mol. The van der Waals surface area contributed by atoms with Gasteiger partial charge in [-0.2, -0.15) is 0 Å². The highest BCUT2D eigenvalue weighted by Gasteiger charge is 2.53. The van der Waals surface area contributed by atoms with E-state index >= 15 is 0 Å². The van der Waals surface area contributed by atoms with E-state index < -0.39 is 73.2 Å². The molecule has 2 heterocycles. The van der Waals surface area contributed by atoms with Crippen LogP contribution in [0.5, 0.6) is 0 Å². The number of rotatable bonds is 5. The Kier molecular flexibility index (Phi) is 6.52. The summed E-state index contributed by atoms with van der Waals surface area (Å²) in [6.45, 7) is 1.35. The van der Waals surface area contributed by atoms with Gasteiger partial charge in [-0.15, -0.1) is 0 Å². The number of aliphatic hydroxyl groups is 4. The molecule has 2 rings (SSSR count). The van der Waals surface area contributed by atoms with Crippen molar-refractivity contribution in [3.8, 4) is 0 Å². The van der Waals surface area contributed by atoms with E-state index in [4.69, 9.17) is 18.9 Å². The number of aliphatic carboxylic acids is 2. The Balaban J connectivity index is 2.23. The zero-order valence-corrected chi connectivity index (χ0v) is 13.9. The summed E-state index contributed by atoms with van der Waals surface area (Å²) < 4.78 is 20.2. The number of carboxylic acids is 2. The zero-order chi connectivity index (χ0) is 19.8. The molecular formula is C14H22O12. The number of carboxylic acid groups (broad SMARTS) is 2. The van der Waals surface area contributed by atoms with Gasteiger partial charge < -0.3 is 49.6 Å². The van der Waals surface area contributed by atoms with Gasteiger partial charge in [0.15, 0.2) is 18.5 Å². The van der Waals surface area contributed by atoms with Gasteiger partial charge in [0.1, 0.15) is 36.6 Å². The Morgan fingerprint density at radius 3 is 1.81 bits per heavy atom. The maximum atomic E-state index is 11.4. The van der Waals surface area contributed by atoms with Crippen LogP contribution in [0.4, 0.5) is 0 Å². The lowest BCUT2D eigenvalue weighted by Crippen LogP contribution is -2.65. The van der Waals surface area contributed by atoms with E-state index in [0.29, 0.717) is 0 Å². The summed E-state index contributed by atoms with van der Waals surface area (Å²) >= 11 is 0. The highest BCUT2D eigenvalue weighted by molar-refractivity contribution is 5.74. The lowest BCUT2D eigenvalue weighted by Gasteiger charge is -2.45. The average Bonchev–Trinajstić information content (AvgIpc) is 2.58. The van der Waals surface area contributed by atoms with Crippen molar-refractivity contribution >= 4 is 11.9 Å². The van der Waals surface area contributed by atoms with Gasteiger partial charge in [0.2, 0.25) is 0 Å². The van der Waals surface area contributed by atoms with E-state index in [9.17, 15) is 40.2 Å². The third kappa shape index (κ3) is 3.82. The summed E-state index contributed by atoms with van der Waals surface area (Å²) in [5, 5.41) is 58.5. The largest absolute Gasteiger partial charge is 0.479 e. The van der Waals surface area contributed by atoms with Gasteiger partial charge in [-0.25, -0.2) is 9.59 Å². The summed E-state index contributed by atoms with van der Waals surface area (Å²) in [5.74, 6) is -3.02. The Bertz CT molecular complexity index is 526. The van der Waals surface area contributed by atoms with Gasteiger partial charge in [0.25, 0.3) is 0 Å². The second-order valence-corrected chi connectivity index (χ2v) is 6.13. The van der Waals surface area contributed by atoms with Crippen LogP contribution in [0, 0.1) is 0 Å². The van der Waals surface area contributed by atoms with E-state index in [-0.39, 0.29) is 0 Å². The van der Waals surface area contributed by atoms with E-state index in [1.807, 2.05) is 0 Å². The molecule has 0 amide bonds.